The molecule has 3 atom stereocenters. The van der Waals surface area contributed by atoms with E-state index in [-0.39, 0.29) is 5.92 Å². The van der Waals surface area contributed by atoms with Crippen LogP contribution in [0.25, 0.3) is 22.0 Å². The second-order valence-electron chi connectivity index (χ2n) is 10.6. The van der Waals surface area contributed by atoms with E-state index < -0.39 is 0 Å². The normalized spacial score (nSPS) is 20.7. The molecule has 2 aromatic heterocycles. The minimum atomic E-state index is 0.212. The number of nitrogens with zero attached hydrogens (tertiary/aromatic N) is 3. The molecule has 1 unspecified atom stereocenters. The van der Waals surface area contributed by atoms with Crippen molar-refractivity contribution >= 4 is 22.5 Å². The number of aromatic nitrogens is 3. The van der Waals surface area contributed by atoms with E-state index in [9.17, 15) is 4.79 Å². The van der Waals surface area contributed by atoms with Gasteiger partial charge < -0.3 is 15.4 Å². The Hall–Kier alpha value is -3.84. The molecule has 1 saturated heterocycles. The molecule has 0 radical (unpaired) electrons. The summed E-state index contributed by atoms with van der Waals surface area (Å²) in [6.07, 6.45) is 7.20. The second-order valence-corrected chi connectivity index (χ2v) is 10.6. The molecule has 38 heavy (non-hydrogen) atoms. The Balaban J connectivity index is 1.31. The lowest BCUT2D eigenvalue weighted by Gasteiger charge is -2.23. The van der Waals surface area contributed by atoms with E-state index in [4.69, 9.17) is 9.72 Å². The van der Waals surface area contributed by atoms with E-state index in [0.717, 1.165) is 71.3 Å². The Bertz CT molecular complexity index is 1480. The molecule has 7 heteroatoms. The fraction of sp³-hybridized carbons (Fsp3) is 0.355. The molecule has 1 aliphatic carbocycles. The Morgan fingerprint density at radius 2 is 1.97 bits per heavy atom. The molecular formula is C31H33N5O2. The number of anilines is 1. The van der Waals surface area contributed by atoms with Crippen molar-refractivity contribution in [2.45, 2.75) is 45.6 Å². The Morgan fingerprint density at radius 3 is 2.79 bits per heavy atom. The fourth-order valence-electron chi connectivity index (χ4n) is 5.38. The van der Waals surface area contributed by atoms with Crippen molar-refractivity contribution < 1.29 is 9.53 Å². The number of ether oxygens (including phenoxy) is 1. The standard InChI is InChI=1S/C31H33N5O2/c1-19-10-11-23-21(17-28(37)26-16-20(26)2)6-3-8-24(23)29(19)38-30-25(9-5-14-33-30)27-12-15-34-31(36-27)35-22-7-4-13-32-18-22/h3,5-6,8-12,14-15,20,22,26,32H,4,7,13,16-18H2,1-2H3,(H,34,35,36)/t20-,22-,26?/m0/s1. The lowest BCUT2D eigenvalue weighted by molar-refractivity contribution is -0.119. The van der Waals surface area contributed by atoms with Crippen LogP contribution in [0.15, 0.2) is 60.9 Å². The van der Waals surface area contributed by atoms with Crippen molar-refractivity contribution in [3.63, 3.8) is 0 Å². The number of carbonyl (C=O) groups excluding carboxylic acids is 1. The van der Waals surface area contributed by atoms with Gasteiger partial charge in [0.1, 0.15) is 11.5 Å². The van der Waals surface area contributed by atoms with Gasteiger partial charge in [-0.05, 0) is 73.4 Å². The molecule has 1 saturated carbocycles. The largest absolute Gasteiger partial charge is 0.437 e. The average molecular weight is 508 g/mol. The van der Waals surface area contributed by atoms with Crippen LogP contribution in [0, 0.1) is 18.8 Å². The van der Waals surface area contributed by atoms with Crippen LogP contribution < -0.4 is 15.4 Å². The van der Waals surface area contributed by atoms with Crippen molar-refractivity contribution in [1.29, 1.82) is 0 Å². The van der Waals surface area contributed by atoms with Crippen LogP contribution in [0.1, 0.15) is 37.3 Å². The third-order valence-electron chi connectivity index (χ3n) is 7.72. The Morgan fingerprint density at radius 1 is 1.08 bits per heavy atom. The van der Waals surface area contributed by atoms with Gasteiger partial charge in [-0.1, -0.05) is 37.3 Å². The number of benzene rings is 2. The van der Waals surface area contributed by atoms with E-state index in [1.165, 1.54) is 0 Å². The van der Waals surface area contributed by atoms with Crippen molar-refractivity contribution in [1.82, 2.24) is 20.3 Å². The third kappa shape index (κ3) is 5.11. The molecule has 6 rings (SSSR count). The molecule has 7 nitrogen and oxygen atoms in total. The maximum atomic E-state index is 12.8. The number of rotatable bonds is 8. The molecule has 0 bridgehead atoms. The van der Waals surface area contributed by atoms with Crippen molar-refractivity contribution in [2.24, 2.45) is 11.8 Å². The van der Waals surface area contributed by atoms with Crippen LogP contribution in [-0.2, 0) is 11.2 Å². The molecule has 3 heterocycles. The SMILES string of the molecule is Cc1ccc2c(CC(=O)C3C[C@@H]3C)cccc2c1Oc1ncccc1-c1ccnc(N[C@H]2CCCNC2)n1. The number of Topliss-reactive ketones (excluding diaryl/α,β-unsaturated/α-hetero) is 1. The first-order chi connectivity index (χ1) is 18.6. The highest BCUT2D eigenvalue weighted by Gasteiger charge is 2.38. The number of fused-ring (bicyclic) bond motifs is 1. The van der Waals surface area contributed by atoms with E-state index >= 15 is 0 Å². The maximum Gasteiger partial charge on any atom is 0.228 e. The zero-order valence-electron chi connectivity index (χ0n) is 21.9. The number of hydrogen-bond donors (Lipinski definition) is 2. The van der Waals surface area contributed by atoms with Gasteiger partial charge in [0.15, 0.2) is 0 Å². The van der Waals surface area contributed by atoms with Crippen LogP contribution in [0.5, 0.6) is 11.6 Å². The molecule has 4 aromatic rings. The predicted molar refractivity (Wildman–Crippen MR) is 150 cm³/mol. The average Bonchev–Trinajstić information content (AvgIpc) is 3.68. The lowest BCUT2D eigenvalue weighted by atomic mass is 9.96. The molecule has 0 spiro atoms. The zero-order valence-corrected chi connectivity index (χ0v) is 21.9. The van der Waals surface area contributed by atoms with Gasteiger partial charge in [0, 0.05) is 42.7 Å². The summed E-state index contributed by atoms with van der Waals surface area (Å²) in [7, 11) is 0. The molecule has 0 amide bonds. The summed E-state index contributed by atoms with van der Waals surface area (Å²) in [5.74, 6) is 2.89. The van der Waals surface area contributed by atoms with Crippen molar-refractivity contribution in [3.8, 4) is 22.9 Å². The van der Waals surface area contributed by atoms with Crippen LogP contribution in [0.4, 0.5) is 5.95 Å². The van der Waals surface area contributed by atoms with E-state index in [1.54, 1.807) is 12.4 Å². The van der Waals surface area contributed by atoms with Gasteiger partial charge in [0.2, 0.25) is 11.8 Å². The summed E-state index contributed by atoms with van der Waals surface area (Å²) < 4.78 is 6.55. The maximum absolute atomic E-state index is 12.8. The minimum Gasteiger partial charge on any atom is -0.437 e. The molecule has 2 aliphatic rings. The highest BCUT2D eigenvalue weighted by molar-refractivity contribution is 5.96. The Kier molecular flexibility index (Phi) is 6.77. The van der Waals surface area contributed by atoms with E-state index in [0.29, 0.717) is 36.0 Å². The van der Waals surface area contributed by atoms with Gasteiger partial charge in [-0.25, -0.2) is 15.0 Å². The number of pyridine rings is 1. The number of piperidine rings is 1. The summed E-state index contributed by atoms with van der Waals surface area (Å²) in [5.41, 5.74) is 3.59. The summed E-state index contributed by atoms with van der Waals surface area (Å²) in [6, 6.07) is 16.3. The van der Waals surface area contributed by atoms with E-state index in [2.05, 4.69) is 51.8 Å². The van der Waals surface area contributed by atoms with Gasteiger partial charge in [-0.2, -0.15) is 0 Å². The quantitative estimate of drug-likeness (QED) is 0.315. The highest BCUT2D eigenvalue weighted by Crippen LogP contribution is 2.41. The first-order valence-corrected chi connectivity index (χ1v) is 13.5. The smallest absolute Gasteiger partial charge is 0.228 e. The van der Waals surface area contributed by atoms with Gasteiger partial charge in [-0.15, -0.1) is 0 Å². The van der Waals surface area contributed by atoms with Gasteiger partial charge in [-0.3, -0.25) is 4.79 Å². The van der Waals surface area contributed by atoms with E-state index in [1.807, 2.05) is 31.2 Å². The van der Waals surface area contributed by atoms with Gasteiger partial charge in [0.25, 0.3) is 0 Å². The number of ketones is 1. The van der Waals surface area contributed by atoms with Crippen LogP contribution in [0.2, 0.25) is 0 Å². The van der Waals surface area contributed by atoms with Gasteiger partial charge in [0.05, 0.1) is 11.3 Å². The minimum absolute atomic E-state index is 0.212. The molecule has 194 valence electrons. The molecule has 1 aliphatic heterocycles. The highest BCUT2D eigenvalue weighted by atomic mass is 16.5. The lowest BCUT2D eigenvalue weighted by Crippen LogP contribution is -2.38. The summed E-state index contributed by atoms with van der Waals surface area (Å²) in [5, 5.41) is 8.89. The topological polar surface area (TPSA) is 89.0 Å². The fourth-order valence-corrected chi connectivity index (χ4v) is 5.38. The predicted octanol–water partition coefficient (Wildman–Crippen LogP) is 5.72. The monoisotopic (exact) mass is 507 g/mol. The number of hydrogen-bond acceptors (Lipinski definition) is 7. The second kappa shape index (κ2) is 10.5. The van der Waals surface area contributed by atoms with Crippen LogP contribution in [0.3, 0.4) is 0 Å². The number of aryl methyl sites for hydroxylation is 1. The molecule has 2 N–H and O–H groups in total. The zero-order chi connectivity index (χ0) is 26.1. The number of carbonyl (C=O) groups is 1. The Labute approximate surface area is 223 Å². The summed E-state index contributed by atoms with van der Waals surface area (Å²) in [4.78, 5) is 26.6. The molecule has 2 aromatic carbocycles. The van der Waals surface area contributed by atoms with Crippen LogP contribution >= 0.6 is 0 Å². The number of nitrogens with one attached hydrogen (secondary N) is 2. The van der Waals surface area contributed by atoms with Crippen molar-refractivity contribution in [2.75, 3.05) is 18.4 Å². The van der Waals surface area contributed by atoms with Gasteiger partial charge >= 0.3 is 0 Å². The molecule has 2 fully saturated rings. The van der Waals surface area contributed by atoms with Crippen molar-refractivity contribution in [3.05, 3.63) is 72.1 Å². The first-order valence-electron chi connectivity index (χ1n) is 13.5. The third-order valence-corrected chi connectivity index (χ3v) is 7.72. The van der Waals surface area contributed by atoms with Crippen LogP contribution in [-0.4, -0.2) is 39.9 Å². The molecular weight excluding hydrogens is 474 g/mol. The first kappa shape index (κ1) is 24.5. The summed E-state index contributed by atoms with van der Waals surface area (Å²) in [6.45, 7) is 6.14. The summed E-state index contributed by atoms with van der Waals surface area (Å²) >= 11 is 0.